The highest BCUT2D eigenvalue weighted by molar-refractivity contribution is 6.37. The number of likely N-dealkylation sites (N-methyl/N-ethyl adjacent to an activating group) is 1. The third kappa shape index (κ3) is 5.03. The SMILES string of the molecule is COC(=O)c1ccc2c(c1)NC(=O)/C2=C(\Nc1ccc2c(c1)CCN2CC(=O)CN(C)C)c1ccccc1. The van der Waals surface area contributed by atoms with Crippen molar-refractivity contribution in [1.82, 2.24) is 4.90 Å². The van der Waals surface area contributed by atoms with E-state index < -0.39 is 5.97 Å². The first-order valence-electron chi connectivity index (χ1n) is 12.5. The maximum absolute atomic E-state index is 13.2. The molecule has 2 aliphatic heterocycles. The van der Waals surface area contributed by atoms with Gasteiger partial charge < -0.3 is 25.2 Å². The fourth-order valence-electron chi connectivity index (χ4n) is 5.02. The Hall–Kier alpha value is -4.43. The molecule has 0 atom stereocenters. The molecule has 0 saturated carbocycles. The summed E-state index contributed by atoms with van der Waals surface area (Å²) in [7, 11) is 5.12. The van der Waals surface area contributed by atoms with Crippen LogP contribution in [0.5, 0.6) is 0 Å². The van der Waals surface area contributed by atoms with E-state index in [9.17, 15) is 14.4 Å². The lowest BCUT2D eigenvalue weighted by Gasteiger charge is -2.20. The van der Waals surface area contributed by atoms with Gasteiger partial charge in [-0.2, -0.15) is 0 Å². The quantitative estimate of drug-likeness (QED) is 0.351. The Labute approximate surface area is 221 Å². The highest BCUT2D eigenvalue weighted by atomic mass is 16.5. The molecule has 2 aliphatic rings. The minimum Gasteiger partial charge on any atom is -0.465 e. The molecule has 1 amide bonds. The van der Waals surface area contributed by atoms with E-state index in [4.69, 9.17) is 4.74 Å². The number of Topliss-reactive ketones (excluding diaryl/α,β-unsaturated/α-hetero) is 1. The summed E-state index contributed by atoms with van der Waals surface area (Å²) in [6.45, 7) is 1.61. The lowest BCUT2D eigenvalue weighted by molar-refractivity contribution is -0.118. The van der Waals surface area contributed by atoms with Gasteiger partial charge in [-0.05, 0) is 62.0 Å². The molecule has 5 rings (SSSR count). The molecule has 8 heteroatoms. The van der Waals surface area contributed by atoms with Crippen molar-refractivity contribution in [2.45, 2.75) is 6.42 Å². The van der Waals surface area contributed by atoms with Crippen LogP contribution in [-0.4, -0.2) is 63.4 Å². The van der Waals surface area contributed by atoms with Crippen molar-refractivity contribution in [3.8, 4) is 0 Å². The molecule has 0 fully saturated rings. The number of amides is 1. The highest BCUT2D eigenvalue weighted by Crippen LogP contribution is 2.39. The molecule has 3 aromatic carbocycles. The molecule has 8 nitrogen and oxygen atoms in total. The monoisotopic (exact) mass is 510 g/mol. The average Bonchev–Trinajstić information content (AvgIpc) is 3.45. The van der Waals surface area contributed by atoms with Crippen LogP contribution in [0, 0.1) is 0 Å². The summed E-state index contributed by atoms with van der Waals surface area (Å²) in [4.78, 5) is 41.6. The van der Waals surface area contributed by atoms with E-state index >= 15 is 0 Å². The van der Waals surface area contributed by atoms with Crippen LogP contribution in [-0.2, 0) is 20.7 Å². The van der Waals surface area contributed by atoms with Crippen molar-refractivity contribution in [2.75, 3.05) is 56.4 Å². The van der Waals surface area contributed by atoms with E-state index in [1.807, 2.05) is 61.5 Å². The number of methoxy groups -OCH3 is 1. The van der Waals surface area contributed by atoms with Gasteiger partial charge in [0.25, 0.3) is 5.91 Å². The van der Waals surface area contributed by atoms with Crippen molar-refractivity contribution in [1.29, 1.82) is 0 Å². The predicted octanol–water partition coefficient (Wildman–Crippen LogP) is 3.90. The average molecular weight is 511 g/mol. The molecule has 0 aliphatic carbocycles. The van der Waals surface area contributed by atoms with Gasteiger partial charge in [-0.1, -0.05) is 36.4 Å². The first-order valence-corrected chi connectivity index (χ1v) is 12.5. The van der Waals surface area contributed by atoms with Gasteiger partial charge in [-0.15, -0.1) is 0 Å². The van der Waals surface area contributed by atoms with Crippen molar-refractivity contribution in [2.24, 2.45) is 0 Å². The Kier molecular flexibility index (Phi) is 6.98. The molecule has 2 heterocycles. The standard InChI is InChI=1S/C30H30N4O4/c1-33(2)17-23(35)18-34-14-13-20-15-22(10-12-26(20)34)31-28(19-7-5-4-6-8-19)27-24-11-9-21(30(37)38-3)16-25(24)32-29(27)36/h4-12,15-16,31H,13-14,17-18H2,1-3H3,(H,32,36)/b28-27-. The lowest BCUT2D eigenvalue weighted by atomic mass is 9.99. The number of nitrogens with one attached hydrogen (secondary N) is 2. The summed E-state index contributed by atoms with van der Waals surface area (Å²) < 4.78 is 4.83. The normalized spacial score (nSPS) is 15.2. The fraction of sp³-hybridized carbons (Fsp3) is 0.233. The van der Waals surface area contributed by atoms with E-state index in [1.165, 1.54) is 7.11 Å². The zero-order valence-electron chi connectivity index (χ0n) is 21.7. The molecule has 0 aromatic heterocycles. The summed E-state index contributed by atoms with van der Waals surface area (Å²) in [6, 6.07) is 20.9. The molecule has 0 spiro atoms. The van der Waals surface area contributed by atoms with E-state index in [0.717, 1.165) is 35.5 Å². The number of benzene rings is 3. The van der Waals surface area contributed by atoms with Crippen molar-refractivity contribution in [3.63, 3.8) is 0 Å². The number of ketones is 1. The van der Waals surface area contributed by atoms with Gasteiger partial charge in [0.15, 0.2) is 5.78 Å². The molecule has 38 heavy (non-hydrogen) atoms. The second kappa shape index (κ2) is 10.5. The number of carbonyl (C=O) groups is 3. The smallest absolute Gasteiger partial charge is 0.337 e. The van der Waals surface area contributed by atoms with Gasteiger partial charge in [0.1, 0.15) is 0 Å². The van der Waals surface area contributed by atoms with Crippen molar-refractivity contribution >= 4 is 46.0 Å². The van der Waals surface area contributed by atoms with Crippen molar-refractivity contribution < 1.29 is 19.1 Å². The van der Waals surface area contributed by atoms with Gasteiger partial charge in [-0.25, -0.2) is 4.79 Å². The number of ether oxygens (including phenoxy) is 1. The van der Waals surface area contributed by atoms with Gasteiger partial charge in [0.2, 0.25) is 0 Å². The zero-order chi connectivity index (χ0) is 26.8. The Morgan fingerprint density at radius 1 is 1.03 bits per heavy atom. The second-order valence-corrected chi connectivity index (χ2v) is 9.74. The number of rotatable bonds is 8. The maximum Gasteiger partial charge on any atom is 0.337 e. The molecule has 0 saturated heterocycles. The lowest BCUT2D eigenvalue weighted by Crippen LogP contribution is -2.33. The molecular weight excluding hydrogens is 480 g/mol. The zero-order valence-corrected chi connectivity index (χ0v) is 21.7. The minimum atomic E-state index is -0.462. The van der Waals surface area contributed by atoms with Gasteiger partial charge in [-0.3, -0.25) is 9.59 Å². The van der Waals surface area contributed by atoms with Crippen LogP contribution < -0.4 is 15.5 Å². The first kappa shape index (κ1) is 25.2. The van der Waals surface area contributed by atoms with Gasteiger partial charge >= 0.3 is 5.97 Å². The summed E-state index contributed by atoms with van der Waals surface area (Å²) >= 11 is 0. The largest absolute Gasteiger partial charge is 0.465 e. The number of anilines is 3. The molecule has 0 unspecified atom stereocenters. The predicted molar refractivity (Wildman–Crippen MR) is 149 cm³/mol. The summed E-state index contributed by atoms with van der Waals surface area (Å²) in [5, 5.41) is 6.40. The number of hydrogen-bond acceptors (Lipinski definition) is 7. The van der Waals surface area contributed by atoms with Crippen molar-refractivity contribution in [3.05, 3.63) is 89.0 Å². The molecule has 194 valence electrons. The Balaban J connectivity index is 1.49. The topological polar surface area (TPSA) is 91.0 Å². The number of nitrogens with zero attached hydrogens (tertiary/aromatic N) is 2. The third-order valence-electron chi connectivity index (χ3n) is 6.70. The fourth-order valence-corrected chi connectivity index (χ4v) is 5.02. The Bertz CT molecular complexity index is 1450. The Morgan fingerprint density at radius 2 is 1.82 bits per heavy atom. The summed E-state index contributed by atoms with van der Waals surface area (Å²) in [5.74, 6) is -0.529. The van der Waals surface area contributed by atoms with Crippen LogP contribution in [0.2, 0.25) is 0 Å². The third-order valence-corrected chi connectivity index (χ3v) is 6.70. The van der Waals surface area contributed by atoms with Crippen LogP contribution in [0.4, 0.5) is 17.1 Å². The number of fused-ring (bicyclic) bond motifs is 2. The maximum atomic E-state index is 13.2. The highest BCUT2D eigenvalue weighted by Gasteiger charge is 2.30. The van der Waals surface area contributed by atoms with Crippen LogP contribution >= 0.6 is 0 Å². The van der Waals surface area contributed by atoms with Crippen LogP contribution in [0.25, 0.3) is 11.3 Å². The summed E-state index contributed by atoms with van der Waals surface area (Å²) in [6.07, 6.45) is 0.844. The summed E-state index contributed by atoms with van der Waals surface area (Å²) in [5.41, 5.74) is 6.75. The molecule has 2 N–H and O–H groups in total. The molecule has 0 bridgehead atoms. The van der Waals surface area contributed by atoms with E-state index in [-0.39, 0.29) is 11.7 Å². The first-order chi connectivity index (χ1) is 18.3. The molecule has 0 radical (unpaired) electrons. The van der Waals surface area contributed by atoms with Gasteiger partial charge in [0.05, 0.1) is 42.7 Å². The second-order valence-electron chi connectivity index (χ2n) is 9.74. The van der Waals surface area contributed by atoms with Gasteiger partial charge in [0, 0.05) is 23.5 Å². The van der Waals surface area contributed by atoms with E-state index in [0.29, 0.717) is 41.2 Å². The minimum absolute atomic E-state index is 0.183. The number of carbonyl (C=O) groups excluding carboxylic acids is 3. The van der Waals surface area contributed by atoms with Crippen LogP contribution in [0.15, 0.2) is 66.7 Å². The van der Waals surface area contributed by atoms with E-state index in [1.54, 1.807) is 18.2 Å². The molecule has 3 aromatic rings. The molecular formula is C30H30N4O4. The number of esters is 1. The Morgan fingerprint density at radius 3 is 2.55 bits per heavy atom. The number of hydrogen-bond donors (Lipinski definition) is 2. The van der Waals surface area contributed by atoms with E-state index in [2.05, 4.69) is 21.6 Å². The van der Waals surface area contributed by atoms with Crippen LogP contribution in [0.1, 0.15) is 27.0 Å². The van der Waals surface area contributed by atoms with Crippen LogP contribution in [0.3, 0.4) is 0 Å².